The molecule has 18 heavy (non-hydrogen) atoms. The van der Waals surface area contributed by atoms with Crippen LogP contribution < -0.4 is 5.73 Å². The number of hydrogen-bond acceptors (Lipinski definition) is 3. The summed E-state index contributed by atoms with van der Waals surface area (Å²) >= 11 is 5.05. The van der Waals surface area contributed by atoms with Crippen LogP contribution in [0.15, 0.2) is 40.2 Å². The van der Waals surface area contributed by atoms with Gasteiger partial charge in [0, 0.05) is 23.2 Å². The molecule has 0 aliphatic rings. The highest BCUT2D eigenvalue weighted by molar-refractivity contribution is 9.11. The van der Waals surface area contributed by atoms with E-state index >= 15 is 0 Å². The minimum Gasteiger partial charge on any atom is -0.399 e. The molecule has 5 heteroatoms. The summed E-state index contributed by atoms with van der Waals surface area (Å²) in [7, 11) is 1.80. The average molecular weight is 325 g/mol. The number of rotatable bonds is 3. The molecule has 1 aromatic carbocycles. The molecule has 0 radical (unpaired) electrons. The first-order valence-electron chi connectivity index (χ1n) is 5.41. The van der Waals surface area contributed by atoms with Crippen LogP contribution >= 0.6 is 27.3 Å². The summed E-state index contributed by atoms with van der Waals surface area (Å²) in [6, 6.07) is 11.0. The van der Waals surface area contributed by atoms with Crippen LogP contribution in [0.3, 0.4) is 0 Å². The Bertz CT molecular complexity index is 550. The second kappa shape index (κ2) is 5.54. The van der Waals surface area contributed by atoms with Gasteiger partial charge in [-0.3, -0.25) is 4.79 Å². The fourth-order valence-corrected chi connectivity index (χ4v) is 3.13. The van der Waals surface area contributed by atoms with Crippen LogP contribution in [0, 0.1) is 0 Å². The van der Waals surface area contributed by atoms with Gasteiger partial charge in [-0.2, -0.15) is 0 Å². The molecule has 0 unspecified atom stereocenters. The van der Waals surface area contributed by atoms with Crippen molar-refractivity contribution in [1.82, 2.24) is 4.90 Å². The number of nitrogens with zero attached hydrogens (tertiary/aromatic N) is 1. The Morgan fingerprint density at radius 2 is 1.94 bits per heavy atom. The summed E-state index contributed by atoms with van der Waals surface area (Å²) in [6.07, 6.45) is 0. The van der Waals surface area contributed by atoms with E-state index in [1.54, 1.807) is 47.5 Å². The summed E-state index contributed by atoms with van der Waals surface area (Å²) in [5, 5.41) is 0. The van der Waals surface area contributed by atoms with Crippen LogP contribution in [-0.4, -0.2) is 17.9 Å². The number of carbonyl (C=O) groups is 1. The highest BCUT2D eigenvalue weighted by Crippen LogP contribution is 2.23. The fraction of sp³-hybridized carbons (Fsp3) is 0.154. The van der Waals surface area contributed by atoms with Gasteiger partial charge in [0.05, 0.1) is 10.3 Å². The standard InChI is InChI=1S/C13H13BrN2OS/c1-16(8-11-6-7-12(14)18-11)13(17)9-2-4-10(15)5-3-9/h2-7H,8,15H2,1H3. The summed E-state index contributed by atoms with van der Waals surface area (Å²) in [5.41, 5.74) is 6.92. The fourth-order valence-electron chi connectivity index (χ4n) is 1.59. The topological polar surface area (TPSA) is 46.3 Å². The molecule has 0 fully saturated rings. The number of amides is 1. The Kier molecular flexibility index (Phi) is 4.04. The molecule has 2 N–H and O–H groups in total. The van der Waals surface area contributed by atoms with E-state index in [0.717, 1.165) is 8.66 Å². The minimum absolute atomic E-state index is 0.000442. The zero-order chi connectivity index (χ0) is 13.1. The monoisotopic (exact) mass is 324 g/mol. The first-order valence-corrected chi connectivity index (χ1v) is 7.02. The molecule has 0 bridgehead atoms. The van der Waals surface area contributed by atoms with Gasteiger partial charge in [0.2, 0.25) is 0 Å². The third-order valence-electron chi connectivity index (χ3n) is 2.53. The maximum absolute atomic E-state index is 12.1. The van der Waals surface area contributed by atoms with Crippen molar-refractivity contribution in [2.24, 2.45) is 0 Å². The number of hydrogen-bond donors (Lipinski definition) is 1. The molecule has 2 aromatic rings. The normalized spacial score (nSPS) is 10.3. The van der Waals surface area contributed by atoms with Crippen LogP contribution in [0.2, 0.25) is 0 Å². The van der Waals surface area contributed by atoms with Gasteiger partial charge in [-0.1, -0.05) is 0 Å². The third kappa shape index (κ3) is 3.11. The van der Waals surface area contributed by atoms with E-state index < -0.39 is 0 Å². The second-order valence-electron chi connectivity index (χ2n) is 3.99. The highest BCUT2D eigenvalue weighted by Gasteiger charge is 2.12. The zero-order valence-corrected chi connectivity index (χ0v) is 12.3. The Balaban J connectivity index is 2.07. The molecular formula is C13H13BrN2OS. The van der Waals surface area contributed by atoms with Gasteiger partial charge in [-0.25, -0.2) is 0 Å². The molecule has 2 rings (SSSR count). The quantitative estimate of drug-likeness (QED) is 0.880. The average Bonchev–Trinajstić information content (AvgIpc) is 2.75. The molecule has 94 valence electrons. The number of nitrogens with two attached hydrogens (primary N) is 1. The zero-order valence-electron chi connectivity index (χ0n) is 9.89. The lowest BCUT2D eigenvalue weighted by molar-refractivity contribution is 0.0786. The lowest BCUT2D eigenvalue weighted by Crippen LogP contribution is -2.25. The predicted molar refractivity (Wildman–Crippen MR) is 78.7 cm³/mol. The predicted octanol–water partition coefficient (Wildman–Crippen LogP) is 3.37. The smallest absolute Gasteiger partial charge is 0.253 e. The molecule has 0 saturated heterocycles. The highest BCUT2D eigenvalue weighted by atomic mass is 79.9. The van der Waals surface area contributed by atoms with Gasteiger partial charge in [0.15, 0.2) is 0 Å². The largest absolute Gasteiger partial charge is 0.399 e. The summed E-state index contributed by atoms with van der Waals surface area (Å²) in [5.74, 6) is -0.000442. The first kappa shape index (κ1) is 13.1. The minimum atomic E-state index is -0.000442. The lowest BCUT2D eigenvalue weighted by atomic mass is 10.2. The molecular weight excluding hydrogens is 312 g/mol. The molecule has 0 spiro atoms. The van der Waals surface area contributed by atoms with Gasteiger partial charge in [0.25, 0.3) is 5.91 Å². The molecule has 1 heterocycles. The van der Waals surface area contributed by atoms with Crippen molar-refractivity contribution >= 4 is 38.9 Å². The van der Waals surface area contributed by atoms with Crippen LogP contribution in [-0.2, 0) is 6.54 Å². The number of carbonyl (C=O) groups excluding carboxylic acids is 1. The van der Waals surface area contributed by atoms with Crippen LogP contribution in [0.1, 0.15) is 15.2 Å². The lowest BCUT2D eigenvalue weighted by Gasteiger charge is -2.16. The molecule has 0 atom stereocenters. The number of thiophene rings is 1. The van der Waals surface area contributed by atoms with Crippen molar-refractivity contribution in [3.05, 3.63) is 50.6 Å². The van der Waals surface area contributed by atoms with E-state index in [1.807, 2.05) is 12.1 Å². The summed E-state index contributed by atoms with van der Waals surface area (Å²) in [6.45, 7) is 0.611. The molecule has 0 saturated carbocycles. The van der Waals surface area contributed by atoms with E-state index in [1.165, 1.54) is 0 Å². The SMILES string of the molecule is CN(Cc1ccc(Br)s1)C(=O)c1ccc(N)cc1. The van der Waals surface area contributed by atoms with Crippen LogP contribution in [0.25, 0.3) is 0 Å². The molecule has 1 amide bonds. The number of benzene rings is 1. The maximum Gasteiger partial charge on any atom is 0.253 e. The van der Waals surface area contributed by atoms with E-state index in [9.17, 15) is 4.79 Å². The van der Waals surface area contributed by atoms with Crippen molar-refractivity contribution < 1.29 is 4.79 Å². The van der Waals surface area contributed by atoms with Gasteiger partial charge >= 0.3 is 0 Å². The van der Waals surface area contributed by atoms with Gasteiger partial charge in [0.1, 0.15) is 0 Å². The van der Waals surface area contributed by atoms with Gasteiger partial charge in [-0.15, -0.1) is 11.3 Å². The Morgan fingerprint density at radius 3 is 2.50 bits per heavy atom. The van der Waals surface area contributed by atoms with Crippen molar-refractivity contribution in [1.29, 1.82) is 0 Å². The molecule has 3 nitrogen and oxygen atoms in total. The summed E-state index contributed by atoms with van der Waals surface area (Å²) < 4.78 is 1.07. The summed E-state index contributed by atoms with van der Waals surface area (Å²) in [4.78, 5) is 15.0. The van der Waals surface area contributed by atoms with Gasteiger partial charge < -0.3 is 10.6 Å². The molecule has 0 aliphatic heterocycles. The number of anilines is 1. The van der Waals surface area contributed by atoms with E-state index in [-0.39, 0.29) is 5.91 Å². The van der Waals surface area contributed by atoms with Crippen molar-refractivity contribution in [3.63, 3.8) is 0 Å². The first-order chi connectivity index (χ1) is 8.56. The second-order valence-corrected chi connectivity index (χ2v) is 6.54. The Morgan fingerprint density at radius 1 is 1.28 bits per heavy atom. The van der Waals surface area contributed by atoms with Crippen LogP contribution in [0.5, 0.6) is 0 Å². The Labute approximate surface area is 118 Å². The van der Waals surface area contributed by atoms with Crippen molar-refractivity contribution in [2.45, 2.75) is 6.54 Å². The van der Waals surface area contributed by atoms with Crippen molar-refractivity contribution in [2.75, 3.05) is 12.8 Å². The van der Waals surface area contributed by atoms with Gasteiger partial charge in [-0.05, 0) is 52.3 Å². The number of halogens is 1. The maximum atomic E-state index is 12.1. The van der Waals surface area contributed by atoms with E-state index in [4.69, 9.17) is 5.73 Å². The van der Waals surface area contributed by atoms with E-state index in [2.05, 4.69) is 15.9 Å². The Hall–Kier alpha value is -1.33. The molecule has 0 aliphatic carbocycles. The third-order valence-corrected chi connectivity index (χ3v) is 4.13. The van der Waals surface area contributed by atoms with Crippen molar-refractivity contribution in [3.8, 4) is 0 Å². The molecule has 1 aromatic heterocycles. The van der Waals surface area contributed by atoms with Crippen LogP contribution in [0.4, 0.5) is 5.69 Å². The number of nitrogen functional groups attached to an aromatic ring is 1. The van der Waals surface area contributed by atoms with E-state index in [0.29, 0.717) is 17.8 Å².